The third-order valence-electron chi connectivity index (χ3n) is 2.55. The standard InChI is InChI=1S/C11H23NO/c1-4-13-9-11-5-6-12(8-11)7-10(2)3/h10-11H,4-9H2,1-3H3. The van der Waals surface area contributed by atoms with Crippen molar-refractivity contribution >= 4 is 0 Å². The second kappa shape index (κ2) is 5.61. The second-order valence-corrected chi connectivity index (χ2v) is 4.47. The van der Waals surface area contributed by atoms with Crippen molar-refractivity contribution in [2.45, 2.75) is 27.2 Å². The van der Waals surface area contributed by atoms with Crippen LogP contribution < -0.4 is 0 Å². The van der Waals surface area contributed by atoms with Crippen molar-refractivity contribution in [2.24, 2.45) is 11.8 Å². The summed E-state index contributed by atoms with van der Waals surface area (Å²) in [4.78, 5) is 2.56. The van der Waals surface area contributed by atoms with Crippen molar-refractivity contribution in [2.75, 3.05) is 32.8 Å². The van der Waals surface area contributed by atoms with E-state index in [0.29, 0.717) is 0 Å². The molecule has 0 aromatic rings. The molecule has 0 aromatic heterocycles. The van der Waals surface area contributed by atoms with E-state index >= 15 is 0 Å². The first-order chi connectivity index (χ1) is 6.22. The Morgan fingerprint density at radius 3 is 2.85 bits per heavy atom. The van der Waals surface area contributed by atoms with Gasteiger partial charge in [0, 0.05) is 19.7 Å². The minimum atomic E-state index is 0.790. The predicted molar refractivity (Wildman–Crippen MR) is 55.9 cm³/mol. The molecular formula is C11H23NO. The summed E-state index contributed by atoms with van der Waals surface area (Å²) in [5.74, 6) is 1.59. The fourth-order valence-electron chi connectivity index (χ4n) is 2.02. The van der Waals surface area contributed by atoms with E-state index in [-0.39, 0.29) is 0 Å². The molecule has 0 N–H and O–H groups in total. The van der Waals surface area contributed by atoms with Crippen molar-refractivity contribution in [3.05, 3.63) is 0 Å². The molecule has 0 aliphatic carbocycles. The predicted octanol–water partition coefficient (Wildman–Crippen LogP) is 2.00. The number of nitrogens with zero attached hydrogens (tertiary/aromatic N) is 1. The zero-order chi connectivity index (χ0) is 9.68. The van der Waals surface area contributed by atoms with Crippen molar-refractivity contribution in [1.29, 1.82) is 0 Å². The van der Waals surface area contributed by atoms with Gasteiger partial charge in [-0.1, -0.05) is 13.8 Å². The minimum Gasteiger partial charge on any atom is -0.381 e. The van der Waals surface area contributed by atoms with Crippen LogP contribution in [0.5, 0.6) is 0 Å². The minimum absolute atomic E-state index is 0.790. The number of rotatable bonds is 5. The molecule has 78 valence electrons. The molecule has 0 radical (unpaired) electrons. The van der Waals surface area contributed by atoms with Crippen LogP contribution in [0.4, 0.5) is 0 Å². The van der Waals surface area contributed by atoms with Crippen molar-refractivity contribution < 1.29 is 4.74 Å². The van der Waals surface area contributed by atoms with Gasteiger partial charge in [0.05, 0.1) is 6.61 Å². The highest BCUT2D eigenvalue weighted by Gasteiger charge is 2.22. The maximum atomic E-state index is 5.44. The monoisotopic (exact) mass is 185 g/mol. The van der Waals surface area contributed by atoms with E-state index in [0.717, 1.165) is 25.0 Å². The molecule has 0 amide bonds. The molecule has 1 atom stereocenters. The fraction of sp³-hybridized carbons (Fsp3) is 1.00. The first-order valence-corrected chi connectivity index (χ1v) is 5.52. The van der Waals surface area contributed by atoms with Crippen LogP contribution in [0.3, 0.4) is 0 Å². The van der Waals surface area contributed by atoms with Crippen molar-refractivity contribution in [3.63, 3.8) is 0 Å². The summed E-state index contributed by atoms with van der Waals surface area (Å²) in [6.45, 7) is 12.2. The van der Waals surface area contributed by atoms with Crippen LogP contribution in [-0.2, 0) is 4.74 Å². The third kappa shape index (κ3) is 4.10. The number of hydrogen-bond donors (Lipinski definition) is 0. The van der Waals surface area contributed by atoms with E-state index in [1.54, 1.807) is 0 Å². The maximum Gasteiger partial charge on any atom is 0.0506 e. The fourth-order valence-corrected chi connectivity index (χ4v) is 2.02. The van der Waals surface area contributed by atoms with Crippen LogP contribution in [0, 0.1) is 11.8 Å². The van der Waals surface area contributed by atoms with Crippen LogP contribution in [0.15, 0.2) is 0 Å². The number of hydrogen-bond acceptors (Lipinski definition) is 2. The topological polar surface area (TPSA) is 12.5 Å². The number of ether oxygens (including phenoxy) is 1. The van der Waals surface area contributed by atoms with Crippen LogP contribution in [0.1, 0.15) is 27.2 Å². The van der Waals surface area contributed by atoms with Gasteiger partial charge in [-0.3, -0.25) is 0 Å². The molecule has 1 rings (SSSR count). The Balaban J connectivity index is 2.12. The lowest BCUT2D eigenvalue weighted by atomic mass is 10.1. The molecular weight excluding hydrogens is 162 g/mol. The quantitative estimate of drug-likeness (QED) is 0.649. The summed E-state index contributed by atoms with van der Waals surface area (Å²) in [6.07, 6.45) is 1.33. The Hall–Kier alpha value is -0.0800. The molecule has 2 nitrogen and oxygen atoms in total. The van der Waals surface area contributed by atoms with Crippen LogP contribution in [0.2, 0.25) is 0 Å². The SMILES string of the molecule is CCOCC1CCN(CC(C)C)C1. The molecule has 1 aliphatic rings. The van der Waals surface area contributed by atoms with Gasteiger partial charge in [0.15, 0.2) is 0 Å². The molecule has 13 heavy (non-hydrogen) atoms. The highest BCUT2D eigenvalue weighted by atomic mass is 16.5. The van der Waals surface area contributed by atoms with Gasteiger partial charge in [-0.05, 0) is 31.7 Å². The Kier molecular flexibility index (Phi) is 4.74. The zero-order valence-electron chi connectivity index (χ0n) is 9.25. The maximum absolute atomic E-state index is 5.44. The first kappa shape index (κ1) is 11.0. The normalized spacial score (nSPS) is 24.5. The molecule has 1 saturated heterocycles. The van der Waals surface area contributed by atoms with Crippen molar-refractivity contribution in [3.8, 4) is 0 Å². The van der Waals surface area contributed by atoms with Crippen LogP contribution in [-0.4, -0.2) is 37.7 Å². The molecule has 1 fully saturated rings. The smallest absolute Gasteiger partial charge is 0.0506 e. The van der Waals surface area contributed by atoms with Gasteiger partial charge in [-0.25, -0.2) is 0 Å². The lowest BCUT2D eigenvalue weighted by molar-refractivity contribution is 0.111. The van der Waals surface area contributed by atoms with E-state index in [1.807, 2.05) is 0 Å². The Bertz CT molecular complexity index is 136. The van der Waals surface area contributed by atoms with E-state index in [4.69, 9.17) is 4.74 Å². The molecule has 0 saturated carbocycles. The van der Waals surface area contributed by atoms with E-state index in [9.17, 15) is 0 Å². The molecule has 1 unspecified atom stereocenters. The summed E-state index contributed by atoms with van der Waals surface area (Å²) in [7, 11) is 0. The summed E-state index contributed by atoms with van der Waals surface area (Å²) >= 11 is 0. The molecule has 2 heteroatoms. The van der Waals surface area contributed by atoms with Gasteiger partial charge < -0.3 is 9.64 Å². The first-order valence-electron chi connectivity index (χ1n) is 5.52. The Labute approximate surface area is 82.3 Å². The van der Waals surface area contributed by atoms with Crippen LogP contribution >= 0.6 is 0 Å². The molecule has 0 aromatic carbocycles. The van der Waals surface area contributed by atoms with Gasteiger partial charge in [0.25, 0.3) is 0 Å². The van der Waals surface area contributed by atoms with Gasteiger partial charge in [-0.15, -0.1) is 0 Å². The lowest BCUT2D eigenvalue weighted by Gasteiger charge is -2.18. The van der Waals surface area contributed by atoms with Crippen molar-refractivity contribution in [1.82, 2.24) is 4.90 Å². The summed E-state index contributed by atoms with van der Waals surface area (Å²) in [6, 6.07) is 0. The van der Waals surface area contributed by atoms with E-state index in [1.165, 1.54) is 26.1 Å². The molecule has 0 spiro atoms. The van der Waals surface area contributed by atoms with Crippen LogP contribution in [0.25, 0.3) is 0 Å². The Morgan fingerprint density at radius 1 is 1.46 bits per heavy atom. The summed E-state index contributed by atoms with van der Waals surface area (Å²) in [5, 5.41) is 0. The highest BCUT2D eigenvalue weighted by Crippen LogP contribution is 2.17. The molecule has 1 heterocycles. The molecule has 0 bridgehead atoms. The van der Waals surface area contributed by atoms with Gasteiger partial charge in [-0.2, -0.15) is 0 Å². The van der Waals surface area contributed by atoms with E-state index < -0.39 is 0 Å². The third-order valence-corrected chi connectivity index (χ3v) is 2.55. The average molecular weight is 185 g/mol. The zero-order valence-corrected chi connectivity index (χ0v) is 9.25. The molecule has 1 aliphatic heterocycles. The summed E-state index contributed by atoms with van der Waals surface area (Å²) in [5.41, 5.74) is 0. The Morgan fingerprint density at radius 2 is 2.23 bits per heavy atom. The second-order valence-electron chi connectivity index (χ2n) is 4.47. The summed E-state index contributed by atoms with van der Waals surface area (Å²) < 4.78 is 5.44. The largest absolute Gasteiger partial charge is 0.381 e. The highest BCUT2D eigenvalue weighted by molar-refractivity contribution is 4.75. The average Bonchev–Trinajstić information content (AvgIpc) is 2.48. The van der Waals surface area contributed by atoms with Gasteiger partial charge >= 0.3 is 0 Å². The lowest BCUT2D eigenvalue weighted by Crippen LogP contribution is -2.26. The van der Waals surface area contributed by atoms with E-state index in [2.05, 4.69) is 25.7 Å². The van der Waals surface area contributed by atoms with Gasteiger partial charge in [0.2, 0.25) is 0 Å². The number of likely N-dealkylation sites (tertiary alicyclic amines) is 1. The van der Waals surface area contributed by atoms with Gasteiger partial charge in [0.1, 0.15) is 0 Å².